The summed E-state index contributed by atoms with van der Waals surface area (Å²) in [6.07, 6.45) is 11.1. The van der Waals surface area contributed by atoms with E-state index in [1.54, 1.807) is 0 Å². The first kappa shape index (κ1) is 9.44. The minimum absolute atomic E-state index is 0.231. The van der Waals surface area contributed by atoms with Crippen molar-refractivity contribution in [1.29, 1.82) is 0 Å². The molecule has 0 heterocycles. The summed E-state index contributed by atoms with van der Waals surface area (Å²) in [5.41, 5.74) is 0.231. The average Bonchev–Trinajstić information content (AvgIpc) is 2.12. The normalized spacial score (nSPS) is 47.6. The van der Waals surface area contributed by atoms with E-state index in [2.05, 4.69) is 0 Å². The van der Waals surface area contributed by atoms with Crippen LogP contribution in [-0.2, 0) is 4.79 Å². The summed E-state index contributed by atoms with van der Waals surface area (Å²) in [7, 11) is 0. The van der Waals surface area contributed by atoms with Crippen LogP contribution in [-0.4, -0.2) is 5.97 Å². The maximum absolute atomic E-state index is 10.5. The van der Waals surface area contributed by atoms with Crippen molar-refractivity contribution in [3.05, 3.63) is 12.2 Å². The van der Waals surface area contributed by atoms with Gasteiger partial charge >= 0.3 is 0 Å². The fourth-order valence-corrected chi connectivity index (χ4v) is 4.63. The predicted octanol–water partition coefficient (Wildman–Crippen LogP) is 1.51. The van der Waals surface area contributed by atoms with Gasteiger partial charge in [-0.25, -0.2) is 0 Å². The first-order valence-corrected chi connectivity index (χ1v) is 6.05. The fourth-order valence-electron chi connectivity index (χ4n) is 4.63. The first-order chi connectivity index (χ1) is 7.15. The molecule has 4 aliphatic rings. The van der Waals surface area contributed by atoms with Crippen LogP contribution in [0.5, 0.6) is 0 Å². The van der Waals surface area contributed by atoms with Crippen LogP contribution in [0.2, 0.25) is 0 Å². The van der Waals surface area contributed by atoms with Crippen LogP contribution < -0.4 is 5.11 Å². The van der Waals surface area contributed by atoms with Gasteiger partial charge in [0.2, 0.25) is 0 Å². The summed E-state index contributed by atoms with van der Waals surface area (Å²) in [5, 5.41) is 10.5. The Hall–Kier alpha value is -0.790. The maximum atomic E-state index is 10.5. The molecule has 4 bridgehead atoms. The number of hydrogen-bond donors (Lipinski definition) is 0. The van der Waals surface area contributed by atoms with Crippen molar-refractivity contribution < 1.29 is 9.90 Å². The van der Waals surface area contributed by atoms with Crippen molar-refractivity contribution in [3.8, 4) is 0 Å². The first-order valence-electron chi connectivity index (χ1n) is 6.05. The Morgan fingerprint density at radius 1 is 1.07 bits per heavy atom. The highest BCUT2D eigenvalue weighted by molar-refractivity contribution is 5.77. The zero-order valence-electron chi connectivity index (χ0n) is 8.95. The van der Waals surface area contributed by atoms with Crippen LogP contribution in [0.1, 0.15) is 38.5 Å². The molecule has 2 heteroatoms. The van der Waals surface area contributed by atoms with Gasteiger partial charge in [-0.1, -0.05) is 6.08 Å². The Kier molecular flexibility index (Phi) is 1.95. The Labute approximate surface area is 90.4 Å². The predicted molar refractivity (Wildman–Crippen MR) is 54.8 cm³/mol. The van der Waals surface area contributed by atoms with Gasteiger partial charge in [-0.2, -0.15) is 0 Å². The van der Waals surface area contributed by atoms with Crippen molar-refractivity contribution in [2.75, 3.05) is 0 Å². The molecule has 15 heavy (non-hydrogen) atoms. The summed E-state index contributed by atoms with van der Waals surface area (Å²) in [6, 6.07) is 0. The summed E-state index contributed by atoms with van der Waals surface area (Å²) in [5.74, 6) is 1.60. The van der Waals surface area contributed by atoms with Crippen LogP contribution in [0.25, 0.3) is 0 Å². The Bertz CT molecular complexity index is 281. The number of carbonyl (C=O) groups is 1. The van der Waals surface area contributed by atoms with E-state index < -0.39 is 5.97 Å². The Balaban J connectivity index is 1.84. The number of rotatable bonds is 2. The molecule has 4 aliphatic carbocycles. The van der Waals surface area contributed by atoms with E-state index in [1.807, 2.05) is 6.08 Å². The van der Waals surface area contributed by atoms with Crippen LogP contribution in [0.4, 0.5) is 0 Å². The lowest BCUT2D eigenvalue weighted by atomic mass is 9.49. The van der Waals surface area contributed by atoms with E-state index in [1.165, 1.54) is 44.6 Å². The highest BCUT2D eigenvalue weighted by Crippen LogP contribution is 2.60. The van der Waals surface area contributed by atoms with E-state index >= 15 is 0 Å². The molecule has 4 fully saturated rings. The molecule has 4 saturated carbocycles. The topological polar surface area (TPSA) is 40.1 Å². The highest BCUT2D eigenvalue weighted by atomic mass is 16.4. The molecule has 0 saturated heterocycles. The highest BCUT2D eigenvalue weighted by Gasteiger charge is 2.49. The molecule has 0 amide bonds. The Morgan fingerprint density at radius 2 is 1.53 bits per heavy atom. The number of carboxylic acid groups (broad SMARTS) is 1. The van der Waals surface area contributed by atoms with Crippen molar-refractivity contribution in [2.24, 2.45) is 23.2 Å². The third-order valence-corrected chi connectivity index (χ3v) is 4.66. The number of carboxylic acids is 1. The molecule has 0 aromatic rings. The number of aliphatic carboxylic acids is 1. The molecule has 0 spiro atoms. The van der Waals surface area contributed by atoms with Gasteiger partial charge in [0.1, 0.15) is 0 Å². The number of carbonyl (C=O) groups excluding carboxylic acids is 1. The standard InChI is InChI=1S/C13H18O2/c14-12(15)1-2-13-6-9-3-10(7-13)5-11(4-9)8-13/h1-2,9-11H,3-8H2,(H,14,15)/p-1/b2-1+. The molecule has 0 atom stereocenters. The lowest BCUT2D eigenvalue weighted by Crippen LogP contribution is -2.45. The van der Waals surface area contributed by atoms with E-state index in [-0.39, 0.29) is 5.41 Å². The molecule has 4 rings (SSSR count). The van der Waals surface area contributed by atoms with E-state index in [0.29, 0.717) is 0 Å². The number of allylic oxidation sites excluding steroid dienone is 1. The molecule has 0 radical (unpaired) electrons. The SMILES string of the molecule is O=C([O-])/C=C/C12CC3CC(CC(C3)C1)C2. The van der Waals surface area contributed by atoms with E-state index in [4.69, 9.17) is 0 Å². The maximum Gasteiger partial charge on any atom is 0.0639 e. The molecule has 0 unspecified atom stereocenters. The van der Waals surface area contributed by atoms with Crippen molar-refractivity contribution >= 4 is 5.97 Å². The molecular weight excluding hydrogens is 188 g/mol. The van der Waals surface area contributed by atoms with Crippen LogP contribution in [0.3, 0.4) is 0 Å². The molecule has 82 valence electrons. The van der Waals surface area contributed by atoms with Gasteiger partial charge in [-0.3, -0.25) is 0 Å². The molecule has 2 nitrogen and oxygen atoms in total. The molecule has 0 aliphatic heterocycles. The minimum atomic E-state index is -1.04. The van der Waals surface area contributed by atoms with Gasteiger partial charge in [0.15, 0.2) is 0 Å². The van der Waals surface area contributed by atoms with Crippen LogP contribution >= 0.6 is 0 Å². The molecule has 0 N–H and O–H groups in total. The summed E-state index contributed by atoms with van der Waals surface area (Å²) >= 11 is 0. The van der Waals surface area contributed by atoms with Gasteiger partial charge in [-0.15, -0.1) is 0 Å². The average molecular weight is 205 g/mol. The second kappa shape index (κ2) is 3.10. The van der Waals surface area contributed by atoms with Gasteiger partial charge in [0.05, 0.1) is 5.97 Å². The molecular formula is C13H17O2-. The second-order valence-corrected chi connectivity index (χ2v) is 5.93. The third-order valence-electron chi connectivity index (χ3n) is 4.66. The van der Waals surface area contributed by atoms with Gasteiger partial charge in [-0.05, 0) is 67.8 Å². The zero-order chi connectivity index (χ0) is 10.5. The molecule has 0 aromatic carbocycles. The lowest BCUT2D eigenvalue weighted by Gasteiger charge is -2.55. The minimum Gasteiger partial charge on any atom is -0.545 e. The summed E-state index contributed by atoms with van der Waals surface area (Å²) < 4.78 is 0. The number of hydrogen-bond acceptors (Lipinski definition) is 2. The summed E-state index contributed by atoms with van der Waals surface area (Å²) in [6.45, 7) is 0. The molecule has 0 aromatic heterocycles. The summed E-state index contributed by atoms with van der Waals surface area (Å²) in [4.78, 5) is 10.5. The van der Waals surface area contributed by atoms with Gasteiger partial charge < -0.3 is 9.90 Å². The second-order valence-electron chi connectivity index (χ2n) is 5.93. The third kappa shape index (κ3) is 1.60. The van der Waals surface area contributed by atoms with Crippen molar-refractivity contribution in [2.45, 2.75) is 38.5 Å². The van der Waals surface area contributed by atoms with Gasteiger partial charge in [0.25, 0.3) is 0 Å². The van der Waals surface area contributed by atoms with E-state index in [0.717, 1.165) is 17.8 Å². The van der Waals surface area contributed by atoms with Crippen LogP contribution in [0.15, 0.2) is 12.2 Å². The largest absolute Gasteiger partial charge is 0.545 e. The van der Waals surface area contributed by atoms with Crippen molar-refractivity contribution in [3.63, 3.8) is 0 Å². The zero-order valence-corrected chi connectivity index (χ0v) is 8.95. The fraction of sp³-hybridized carbons (Fsp3) is 0.769. The smallest absolute Gasteiger partial charge is 0.0639 e. The van der Waals surface area contributed by atoms with Crippen molar-refractivity contribution in [1.82, 2.24) is 0 Å². The Morgan fingerprint density at radius 3 is 1.93 bits per heavy atom. The lowest BCUT2D eigenvalue weighted by molar-refractivity contribution is -0.297. The monoisotopic (exact) mass is 205 g/mol. The van der Waals surface area contributed by atoms with Crippen LogP contribution in [0, 0.1) is 23.2 Å². The van der Waals surface area contributed by atoms with E-state index in [9.17, 15) is 9.90 Å². The quantitative estimate of drug-likeness (QED) is 0.641. The van der Waals surface area contributed by atoms with Gasteiger partial charge in [0, 0.05) is 0 Å².